The summed E-state index contributed by atoms with van der Waals surface area (Å²) < 4.78 is 0. The van der Waals surface area contributed by atoms with Crippen molar-refractivity contribution in [2.75, 3.05) is 13.1 Å². The van der Waals surface area contributed by atoms with Crippen LogP contribution in [0.2, 0.25) is 0 Å². The van der Waals surface area contributed by atoms with Gasteiger partial charge in [0.15, 0.2) is 0 Å². The SMILES string of the molecule is C.C.C.C.C.C.C.C=C1C=CCN1.C=C1C=CNC(=C)N1.C=C1CC(=C)NC(=C)N1.C=C1CN=NN1.C=C1N=CNC(=C)N1.C=C1NC(=C)NC(=C)N1.C=C1NC=CN1.CC(C)C.CC(C)C.CC(C)C.CC(C)C.CC(C)C.CC(C)C.CC(C)C. The molecule has 0 unspecified atom stereocenters. The second-order valence-corrected chi connectivity index (χ2v) is 22.6. The van der Waals surface area contributed by atoms with E-state index in [9.17, 15) is 0 Å². The largest absolute Gasteiger partial charge is 0.382 e. The lowest BCUT2D eigenvalue weighted by Gasteiger charge is -2.23. The van der Waals surface area contributed by atoms with Gasteiger partial charge in [-0.3, -0.25) is 5.43 Å². The molecule has 16 nitrogen and oxygen atoms in total. The monoisotopic (exact) mass is 1230 g/mol. The lowest BCUT2D eigenvalue weighted by Crippen LogP contribution is -2.40. The maximum absolute atomic E-state index is 3.78. The van der Waals surface area contributed by atoms with Crippen LogP contribution in [0.15, 0.2) is 213 Å². The number of hydrogen-bond acceptors (Lipinski definition) is 16. The van der Waals surface area contributed by atoms with Gasteiger partial charge in [0.2, 0.25) is 0 Å². The van der Waals surface area contributed by atoms with Crippen molar-refractivity contribution >= 4 is 6.34 Å². The van der Waals surface area contributed by atoms with Crippen LogP contribution in [0, 0.1) is 41.4 Å². The number of aliphatic imine (C=N–C) groups is 1. The van der Waals surface area contributed by atoms with Crippen molar-refractivity contribution in [2.45, 2.75) is 204 Å². The molecule has 0 saturated carbocycles. The van der Waals surface area contributed by atoms with E-state index in [1.165, 1.54) is 0 Å². The fourth-order valence-electron chi connectivity index (χ4n) is 3.43. The zero-order valence-electron chi connectivity index (χ0n) is 54.7. The van der Waals surface area contributed by atoms with Crippen LogP contribution in [0.5, 0.6) is 0 Å². The van der Waals surface area contributed by atoms with Crippen LogP contribution in [0.3, 0.4) is 0 Å². The first-order chi connectivity index (χ1) is 36.7. The third kappa shape index (κ3) is 139. The van der Waals surface area contributed by atoms with Gasteiger partial charge in [0.25, 0.3) is 0 Å². The van der Waals surface area contributed by atoms with E-state index in [1.54, 1.807) is 24.9 Å². The summed E-state index contributed by atoms with van der Waals surface area (Å²) in [4.78, 5) is 3.78. The van der Waals surface area contributed by atoms with Crippen molar-refractivity contribution in [3.05, 3.63) is 197 Å². The topological polar surface area (TPSA) is 193 Å². The smallest absolute Gasteiger partial charge is 0.125 e. The normalized spacial score (nSPS) is 13.6. The first-order valence-corrected chi connectivity index (χ1v) is 27.5. The third-order valence-electron chi connectivity index (χ3n) is 5.50. The second kappa shape index (κ2) is 76.5. The molecule has 0 aromatic rings. The van der Waals surface area contributed by atoms with Crippen molar-refractivity contribution in [1.82, 2.24) is 69.2 Å². The first kappa shape index (κ1) is 114. The molecule has 0 bridgehead atoms. The van der Waals surface area contributed by atoms with Crippen molar-refractivity contribution in [2.24, 2.45) is 56.8 Å². The van der Waals surface area contributed by atoms with Crippen LogP contribution in [-0.4, -0.2) is 19.4 Å². The number of hydrogen-bond donors (Lipinski definition) is 13. The molecule has 0 atom stereocenters. The zero-order valence-corrected chi connectivity index (χ0v) is 54.7. The Labute approximate surface area is 544 Å². The lowest BCUT2D eigenvalue weighted by atomic mass is 10.2. The predicted octanol–water partition coefficient (Wildman–Crippen LogP) is 19.4. The molecule has 2 saturated heterocycles. The van der Waals surface area contributed by atoms with E-state index in [1.807, 2.05) is 18.2 Å². The molecule has 0 radical (unpaired) electrons. The molecule has 514 valence electrons. The number of allylic oxidation sites excluding steroid dienone is 2. The number of nitrogens with zero attached hydrogens (tertiary/aromatic N) is 3. The molecule has 16 heteroatoms. The molecule has 0 amide bonds. The van der Waals surface area contributed by atoms with Gasteiger partial charge in [-0.05, 0) is 53.6 Å². The molecule has 0 aliphatic carbocycles. The van der Waals surface area contributed by atoms with Crippen molar-refractivity contribution in [3.63, 3.8) is 0 Å². The number of rotatable bonds is 0. The van der Waals surface area contributed by atoms with E-state index < -0.39 is 0 Å². The average molecular weight is 1230 g/mol. The van der Waals surface area contributed by atoms with Crippen LogP contribution in [0.4, 0.5) is 0 Å². The Kier molecular flexibility index (Phi) is 100. The summed E-state index contributed by atoms with van der Waals surface area (Å²) in [6.45, 7) is 94.4. The molecule has 7 rings (SSSR count). The minimum Gasteiger partial charge on any atom is -0.382 e. The van der Waals surface area contributed by atoms with Crippen LogP contribution in [-0.2, 0) is 0 Å². The van der Waals surface area contributed by atoms with Gasteiger partial charge in [-0.15, -0.1) is 0 Å². The van der Waals surface area contributed by atoms with Gasteiger partial charge in [-0.25, -0.2) is 4.99 Å². The molecule has 7 aliphatic heterocycles. The Morgan fingerprint density at radius 3 is 0.828 bits per heavy atom. The number of nitrogens with one attached hydrogen (secondary N) is 13. The Bertz CT molecular complexity index is 1680. The third-order valence-corrected chi connectivity index (χ3v) is 5.50. The van der Waals surface area contributed by atoms with Gasteiger partial charge in [-0.2, -0.15) is 5.11 Å². The minimum absolute atomic E-state index is 0. The summed E-state index contributed by atoms with van der Waals surface area (Å²) in [5.74, 6) is 11.6. The fourth-order valence-corrected chi connectivity index (χ4v) is 3.43. The summed E-state index contributed by atoms with van der Waals surface area (Å²) in [6.07, 6.45) is 13.6. The maximum atomic E-state index is 3.78. The second-order valence-electron chi connectivity index (χ2n) is 22.6. The van der Waals surface area contributed by atoms with Crippen LogP contribution < -0.4 is 69.2 Å². The maximum Gasteiger partial charge on any atom is 0.125 e. The first-order valence-electron chi connectivity index (χ1n) is 27.5. The summed E-state index contributed by atoms with van der Waals surface area (Å²) in [5.41, 5.74) is 7.24. The summed E-state index contributed by atoms with van der Waals surface area (Å²) in [7, 11) is 0. The van der Waals surface area contributed by atoms with E-state index in [0.29, 0.717) is 35.6 Å². The Hall–Kier alpha value is -7.49. The molecular weight excluding hydrogens is 1080 g/mol. The molecular formula is C71H150N16. The van der Waals surface area contributed by atoms with E-state index in [0.717, 1.165) is 100 Å². The zero-order chi connectivity index (χ0) is 63.9. The minimum atomic E-state index is 0. The summed E-state index contributed by atoms with van der Waals surface area (Å²) in [6, 6.07) is 0. The Morgan fingerprint density at radius 2 is 0.667 bits per heavy atom. The fraction of sp³-hybridized carbons (Fsp3) is 0.535. The molecule has 0 spiro atoms. The molecule has 0 aromatic heterocycles. The lowest BCUT2D eigenvalue weighted by molar-refractivity contribution is 0.673. The van der Waals surface area contributed by atoms with E-state index in [4.69, 9.17) is 0 Å². The van der Waals surface area contributed by atoms with E-state index >= 15 is 0 Å². The molecule has 7 aliphatic rings. The predicted molar refractivity (Wildman–Crippen MR) is 405 cm³/mol. The molecule has 7 heterocycles. The van der Waals surface area contributed by atoms with E-state index in [2.05, 4.69) is 315 Å². The van der Waals surface area contributed by atoms with Gasteiger partial charge in [0.05, 0.1) is 29.5 Å². The Balaban J connectivity index is -0.0000000553. The molecule has 13 N–H and O–H groups in total. The van der Waals surface area contributed by atoms with Gasteiger partial charge < -0.3 is 63.8 Å². The molecule has 2 fully saturated rings. The van der Waals surface area contributed by atoms with Gasteiger partial charge in [-0.1, -0.05) is 294 Å². The quantitative estimate of drug-likeness (QED) is 0.110. The highest BCUT2D eigenvalue weighted by molar-refractivity contribution is 5.60. The van der Waals surface area contributed by atoms with Gasteiger partial charge >= 0.3 is 0 Å². The van der Waals surface area contributed by atoms with Crippen molar-refractivity contribution in [3.8, 4) is 0 Å². The standard InChI is InChI=1S/C7H10N2.C6H9N3.C6H8N2.C5H7N3.C5H7N.C4H6N2.7C4H10.C3H5N3.7CH4/c1-5-4-6(2)9-7(3)8-5;1-4-7-5(2)9-6(3)8-4;1-5-3-4-7-6(2)8-5;1-4-6-3-7-5(2)8-4;1-5-3-2-4-6-5;1-4-5-2-3-6-4;7*1-4(2)3;1-3-2-4-6-5-3;;;;;;;/h8-9H,1-4H2;7-9H,1-3H2;3-4,7-8H,1-2H2;3,8H,1-2H2,(H,6,7);2-3,6H,1,4H2;2-3,5-6H,1H2;7*4H,1-3H3;1-2H2,(H,4,5);7*1H4. The Morgan fingerprint density at radius 1 is 0.345 bits per heavy atom. The average Bonchev–Trinajstić information content (AvgIpc) is 4.05. The van der Waals surface area contributed by atoms with Crippen molar-refractivity contribution in [1.29, 1.82) is 0 Å². The molecule has 0 aromatic carbocycles. The summed E-state index contributed by atoms with van der Waals surface area (Å²) >= 11 is 0. The van der Waals surface area contributed by atoms with Crippen LogP contribution in [0.25, 0.3) is 0 Å². The van der Waals surface area contributed by atoms with Crippen molar-refractivity contribution < 1.29 is 0 Å². The van der Waals surface area contributed by atoms with Gasteiger partial charge in [0.1, 0.15) is 35.6 Å². The molecule has 87 heavy (non-hydrogen) atoms. The highest BCUT2D eigenvalue weighted by atomic mass is 15.5. The van der Waals surface area contributed by atoms with Crippen LogP contribution in [0.1, 0.15) is 204 Å². The summed E-state index contributed by atoms with van der Waals surface area (Å²) in [5, 5.41) is 41.4. The van der Waals surface area contributed by atoms with Gasteiger partial charge in [0, 0.05) is 54.4 Å². The van der Waals surface area contributed by atoms with Crippen LogP contribution >= 0.6 is 0 Å². The highest BCUT2D eigenvalue weighted by Crippen LogP contribution is 2.09. The van der Waals surface area contributed by atoms with E-state index in [-0.39, 0.29) is 52.0 Å². The highest BCUT2D eigenvalue weighted by Gasteiger charge is 2.06.